The normalized spacial score (nSPS) is 15.4. The summed E-state index contributed by atoms with van der Waals surface area (Å²) in [6, 6.07) is 24.1. The van der Waals surface area contributed by atoms with Crippen LogP contribution < -0.4 is 5.32 Å². The summed E-state index contributed by atoms with van der Waals surface area (Å²) in [7, 11) is 0. The lowest BCUT2D eigenvalue weighted by Crippen LogP contribution is -2.45. The first kappa shape index (κ1) is 25.1. The van der Waals surface area contributed by atoms with E-state index in [9.17, 15) is 9.59 Å². The van der Waals surface area contributed by atoms with Gasteiger partial charge in [0.2, 0.25) is 0 Å². The molecule has 5 heteroatoms. The highest BCUT2D eigenvalue weighted by Gasteiger charge is 2.31. The SMILES string of the molecule is CC(C)(C)OC(=O)C(CCc1ccccc1C1CC1)NC(=O)OCC1c2ccccc2-c2ccccc21. The zero-order valence-corrected chi connectivity index (χ0v) is 21.8. The lowest BCUT2D eigenvalue weighted by molar-refractivity contribution is -0.157. The third-order valence-corrected chi connectivity index (χ3v) is 7.10. The molecule has 5 rings (SSSR count). The number of fused-ring (bicyclic) bond motifs is 3. The Morgan fingerprint density at radius 2 is 1.43 bits per heavy atom. The Kier molecular flexibility index (Phi) is 7.05. The number of esters is 1. The van der Waals surface area contributed by atoms with Crippen LogP contribution in [0.4, 0.5) is 4.79 Å². The van der Waals surface area contributed by atoms with E-state index >= 15 is 0 Å². The predicted octanol–water partition coefficient (Wildman–Crippen LogP) is 6.75. The molecule has 1 unspecified atom stereocenters. The van der Waals surface area contributed by atoms with Crippen LogP contribution in [0.3, 0.4) is 0 Å². The molecule has 0 spiro atoms. The summed E-state index contributed by atoms with van der Waals surface area (Å²) < 4.78 is 11.4. The molecule has 192 valence electrons. The second kappa shape index (κ2) is 10.4. The Morgan fingerprint density at radius 3 is 2.03 bits per heavy atom. The van der Waals surface area contributed by atoms with Crippen LogP contribution in [0.1, 0.15) is 74.1 Å². The molecular weight excluding hydrogens is 462 g/mol. The van der Waals surface area contributed by atoms with Gasteiger partial charge in [-0.05, 0) is 85.8 Å². The Labute approximate surface area is 219 Å². The number of carbonyl (C=O) groups is 2. The van der Waals surface area contributed by atoms with Crippen LogP contribution in [0.25, 0.3) is 11.1 Å². The van der Waals surface area contributed by atoms with Gasteiger partial charge in [0.05, 0.1) is 0 Å². The molecule has 1 saturated carbocycles. The van der Waals surface area contributed by atoms with Crippen LogP contribution in [-0.4, -0.2) is 30.3 Å². The summed E-state index contributed by atoms with van der Waals surface area (Å²) in [6.45, 7) is 5.69. The van der Waals surface area contributed by atoms with Gasteiger partial charge in [0.1, 0.15) is 18.2 Å². The van der Waals surface area contributed by atoms with Gasteiger partial charge in [-0.25, -0.2) is 9.59 Å². The second-order valence-corrected chi connectivity index (χ2v) is 11.1. The van der Waals surface area contributed by atoms with Crippen molar-refractivity contribution in [3.05, 3.63) is 95.1 Å². The lowest BCUT2D eigenvalue weighted by Gasteiger charge is -2.25. The van der Waals surface area contributed by atoms with Crippen molar-refractivity contribution in [3.63, 3.8) is 0 Å². The number of ether oxygens (including phenoxy) is 2. The lowest BCUT2D eigenvalue weighted by atomic mass is 9.97. The van der Waals surface area contributed by atoms with Gasteiger partial charge >= 0.3 is 12.1 Å². The van der Waals surface area contributed by atoms with Crippen LogP contribution in [-0.2, 0) is 20.7 Å². The predicted molar refractivity (Wildman–Crippen MR) is 145 cm³/mol. The monoisotopic (exact) mass is 497 g/mol. The van der Waals surface area contributed by atoms with Gasteiger partial charge < -0.3 is 14.8 Å². The fourth-order valence-corrected chi connectivity index (χ4v) is 5.26. The van der Waals surface area contributed by atoms with Crippen LogP contribution in [0, 0.1) is 0 Å². The van der Waals surface area contributed by atoms with Gasteiger partial charge in [0.25, 0.3) is 0 Å². The van der Waals surface area contributed by atoms with Crippen LogP contribution in [0.2, 0.25) is 0 Å². The second-order valence-electron chi connectivity index (χ2n) is 11.1. The maximum Gasteiger partial charge on any atom is 0.407 e. The largest absolute Gasteiger partial charge is 0.458 e. The molecule has 3 aromatic rings. The Hall–Kier alpha value is -3.60. The van der Waals surface area contributed by atoms with Crippen LogP contribution in [0.15, 0.2) is 72.8 Å². The smallest absolute Gasteiger partial charge is 0.407 e. The summed E-state index contributed by atoms with van der Waals surface area (Å²) >= 11 is 0. The molecule has 0 aliphatic heterocycles. The standard InChI is InChI=1S/C32H35NO4/c1-32(2,3)37-30(34)29(19-18-21-10-4-5-11-23(21)22-16-17-22)33-31(35)36-20-28-26-14-8-6-12-24(26)25-13-7-9-15-27(25)28/h4-15,22,28-29H,16-20H2,1-3H3,(H,33,35). The number of aryl methyl sites for hydroxylation is 1. The average Bonchev–Trinajstić information content (AvgIpc) is 3.67. The van der Waals surface area contributed by atoms with Gasteiger partial charge in [0.15, 0.2) is 0 Å². The highest BCUT2D eigenvalue weighted by molar-refractivity contribution is 5.82. The third kappa shape index (κ3) is 5.87. The first-order chi connectivity index (χ1) is 17.8. The van der Waals surface area contributed by atoms with Crippen molar-refractivity contribution in [2.45, 2.75) is 69.9 Å². The van der Waals surface area contributed by atoms with Crippen molar-refractivity contribution in [3.8, 4) is 11.1 Å². The number of amides is 1. The molecule has 0 aromatic heterocycles. The first-order valence-electron chi connectivity index (χ1n) is 13.2. The van der Waals surface area contributed by atoms with Gasteiger partial charge in [-0.2, -0.15) is 0 Å². The molecular formula is C32H35NO4. The summed E-state index contributed by atoms with van der Waals surface area (Å²) in [5.41, 5.74) is 6.58. The summed E-state index contributed by atoms with van der Waals surface area (Å²) in [5.74, 6) is 0.139. The zero-order valence-electron chi connectivity index (χ0n) is 21.8. The number of alkyl carbamates (subject to hydrolysis) is 1. The summed E-state index contributed by atoms with van der Waals surface area (Å²) in [6.07, 6.45) is 2.95. The van der Waals surface area contributed by atoms with Crippen LogP contribution in [0.5, 0.6) is 0 Å². The summed E-state index contributed by atoms with van der Waals surface area (Å²) in [5, 5.41) is 2.81. The zero-order chi connectivity index (χ0) is 26.0. The molecule has 1 atom stereocenters. The number of hydrogen-bond donors (Lipinski definition) is 1. The van der Waals surface area contributed by atoms with Crippen molar-refractivity contribution in [1.29, 1.82) is 0 Å². The fourth-order valence-electron chi connectivity index (χ4n) is 5.26. The van der Waals surface area contributed by atoms with Crippen molar-refractivity contribution in [2.24, 2.45) is 0 Å². The molecule has 5 nitrogen and oxygen atoms in total. The van der Waals surface area contributed by atoms with Crippen molar-refractivity contribution < 1.29 is 19.1 Å². The minimum Gasteiger partial charge on any atom is -0.458 e. The van der Waals surface area contributed by atoms with E-state index in [4.69, 9.17) is 9.47 Å². The average molecular weight is 498 g/mol. The molecule has 3 aromatic carbocycles. The van der Waals surface area contributed by atoms with E-state index in [2.05, 4.69) is 47.8 Å². The quantitative estimate of drug-likeness (QED) is 0.350. The Balaban J connectivity index is 1.26. The van der Waals surface area contributed by atoms with E-state index in [1.165, 1.54) is 35.1 Å². The Bertz CT molecular complexity index is 1240. The molecule has 1 N–H and O–H groups in total. The topological polar surface area (TPSA) is 64.6 Å². The number of nitrogens with one attached hydrogen (secondary N) is 1. The highest BCUT2D eigenvalue weighted by atomic mass is 16.6. The van der Waals surface area contributed by atoms with Crippen molar-refractivity contribution >= 4 is 12.1 Å². The van der Waals surface area contributed by atoms with E-state index in [0.717, 1.165) is 11.1 Å². The molecule has 1 fully saturated rings. The minimum atomic E-state index is -0.790. The van der Waals surface area contributed by atoms with E-state index < -0.39 is 23.7 Å². The van der Waals surface area contributed by atoms with Gasteiger partial charge in [-0.15, -0.1) is 0 Å². The molecule has 0 saturated heterocycles. The van der Waals surface area contributed by atoms with E-state index in [0.29, 0.717) is 18.8 Å². The summed E-state index contributed by atoms with van der Waals surface area (Å²) in [4.78, 5) is 26.0. The molecule has 0 heterocycles. The molecule has 0 radical (unpaired) electrons. The van der Waals surface area contributed by atoms with Crippen molar-refractivity contribution in [1.82, 2.24) is 5.32 Å². The molecule has 2 aliphatic carbocycles. The van der Waals surface area contributed by atoms with Crippen LogP contribution >= 0.6 is 0 Å². The molecule has 2 aliphatic rings. The van der Waals surface area contributed by atoms with Gasteiger partial charge in [0, 0.05) is 5.92 Å². The van der Waals surface area contributed by atoms with Gasteiger partial charge in [-0.1, -0.05) is 72.8 Å². The molecule has 37 heavy (non-hydrogen) atoms. The van der Waals surface area contributed by atoms with E-state index in [-0.39, 0.29) is 12.5 Å². The molecule has 0 bridgehead atoms. The van der Waals surface area contributed by atoms with Crippen molar-refractivity contribution in [2.75, 3.05) is 6.61 Å². The number of benzene rings is 3. The Morgan fingerprint density at radius 1 is 0.865 bits per heavy atom. The maximum absolute atomic E-state index is 13.0. The van der Waals surface area contributed by atoms with E-state index in [1.807, 2.05) is 51.1 Å². The number of rotatable bonds is 8. The third-order valence-electron chi connectivity index (χ3n) is 7.10. The maximum atomic E-state index is 13.0. The first-order valence-corrected chi connectivity index (χ1v) is 13.2. The number of carbonyl (C=O) groups excluding carboxylic acids is 2. The minimum absolute atomic E-state index is 0.0384. The number of hydrogen-bond acceptors (Lipinski definition) is 4. The van der Waals surface area contributed by atoms with E-state index in [1.54, 1.807) is 0 Å². The molecule has 1 amide bonds. The fraction of sp³-hybridized carbons (Fsp3) is 0.375. The highest BCUT2D eigenvalue weighted by Crippen LogP contribution is 2.44. The van der Waals surface area contributed by atoms with Gasteiger partial charge in [-0.3, -0.25) is 0 Å².